The number of H-pyrrole nitrogens is 1. The van der Waals surface area contributed by atoms with Crippen molar-refractivity contribution in [1.82, 2.24) is 9.55 Å². The average molecular weight is 170 g/mol. The zero-order chi connectivity index (χ0) is 8.84. The summed E-state index contributed by atoms with van der Waals surface area (Å²) >= 11 is 0. The first kappa shape index (κ1) is 6.78. The van der Waals surface area contributed by atoms with Gasteiger partial charge in [0.25, 0.3) is 0 Å². The van der Waals surface area contributed by atoms with Crippen molar-refractivity contribution in [3.63, 3.8) is 0 Å². The van der Waals surface area contributed by atoms with Crippen LogP contribution >= 0.6 is 0 Å². The fourth-order valence-corrected chi connectivity index (χ4v) is 1.82. The van der Waals surface area contributed by atoms with E-state index in [1.807, 2.05) is 6.20 Å². The first-order valence-electron chi connectivity index (χ1n) is 4.37. The molecule has 2 heterocycles. The van der Waals surface area contributed by atoms with E-state index in [1.54, 1.807) is 0 Å². The Bertz CT molecular complexity index is 572. The zero-order valence-electron chi connectivity index (χ0n) is 7.41. The highest BCUT2D eigenvalue weighted by Crippen LogP contribution is 2.21. The largest absolute Gasteiger partial charge is 0.361 e. The summed E-state index contributed by atoms with van der Waals surface area (Å²) in [5.41, 5.74) is 2.49. The highest BCUT2D eigenvalue weighted by atomic mass is 14.9. The third kappa shape index (κ3) is 0.827. The van der Waals surface area contributed by atoms with E-state index in [0.29, 0.717) is 0 Å². The number of aryl methyl sites for hydroxylation is 1. The van der Waals surface area contributed by atoms with E-state index in [-0.39, 0.29) is 0 Å². The van der Waals surface area contributed by atoms with Crippen LogP contribution < -0.4 is 0 Å². The van der Waals surface area contributed by atoms with Gasteiger partial charge in [-0.15, -0.1) is 0 Å². The van der Waals surface area contributed by atoms with E-state index in [9.17, 15) is 0 Å². The van der Waals surface area contributed by atoms with E-state index in [0.717, 1.165) is 0 Å². The standard InChI is InChI=1S/C11H10N2/c1-13-5-3-9-6-10-8(2-4-12-10)7-11(9)13/h2-7,12H,1H3. The molecule has 0 spiro atoms. The Morgan fingerprint density at radius 3 is 3.00 bits per heavy atom. The van der Waals surface area contributed by atoms with Crippen LogP contribution in [0.2, 0.25) is 0 Å². The molecular formula is C11H10N2. The lowest BCUT2D eigenvalue weighted by atomic mass is 10.2. The number of nitrogens with one attached hydrogen (secondary N) is 1. The van der Waals surface area contributed by atoms with Gasteiger partial charge in [0, 0.05) is 41.2 Å². The lowest BCUT2D eigenvalue weighted by molar-refractivity contribution is 0.970. The van der Waals surface area contributed by atoms with E-state index < -0.39 is 0 Å². The topological polar surface area (TPSA) is 20.7 Å². The van der Waals surface area contributed by atoms with Gasteiger partial charge in [-0.05, 0) is 24.3 Å². The number of rotatable bonds is 0. The van der Waals surface area contributed by atoms with Crippen molar-refractivity contribution in [2.75, 3.05) is 0 Å². The van der Waals surface area contributed by atoms with Crippen LogP contribution in [0, 0.1) is 0 Å². The molecule has 0 aliphatic carbocycles. The Hall–Kier alpha value is -1.70. The van der Waals surface area contributed by atoms with Crippen LogP contribution in [0.3, 0.4) is 0 Å². The number of benzene rings is 1. The molecule has 3 rings (SSSR count). The van der Waals surface area contributed by atoms with Gasteiger partial charge in [0.2, 0.25) is 0 Å². The quantitative estimate of drug-likeness (QED) is 0.535. The fourth-order valence-electron chi connectivity index (χ4n) is 1.82. The van der Waals surface area contributed by atoms with E-state index >= 15 is 0 Å². The molecule has 3 aromatic rings. The molecule has 2 heteroatoms. The Labute approximate surface area is 75.8 Å². The minimum absolute atomic E-state index is 1.21. The Balaban J connectivity index is 2.59. The summed E-state index contributed by atoms with van der Waals surface area (Å²) in [5, 5.41) is 2.56. The molecule has 0 unspecified atom stereocenters. The first-order chi connectivity index (χ1) is 6.34. The molecule has 0 bridgehead atoms. The predicted octanol–water partition coefficient (Wildman–Crippen LogP) is 2.66. The van der Waals surface area contributed by atoms with Crippen molar-refractivity contribution >= 4 is 21.8 Å². The van der Waals surface area contributed by atoms with Gasteiger partial charge in [-0.1, -0.05) is 0 Å². The Morgan fingerprint density at radius 2 is 2.08 bits per heavy atom. The van der Waals surface area contributed by atoms with Crippen molar-refractivity contribution in [2.24, 2.45) is 7.05 Å². The van der Waals surface area contributed by atoms with Crippen molar-refractivity contribution in [3.8, 4) is 0 Å². The summed E-state index contributed by atoms with van der Waals surface area (Å²) < 4.78 is 2.14. The van der Waals surface area contributed by atoms with Crippen molar-refractivity contribution in [2.45, 2.75) is 0 Å². The van der Waals surface area contributed by atoms with Crippen LogP contribution in [-0.2, 0) is 7.05 Å². The predicted molar refractivity (Wildman–Crippen MR) is 54.8 cm³/mol. The van der Waals surface area contributed by atoms with E-state index in [4.69, 9.17) is 0 Å². The normalized spacial score (nSPS) is 11.5. The molecule has 1 N–H and O–H groups in total. The van der Waals surface area contributed by atoms with Crippen molar-refractivity contribution < 1.29 is 0 Å². The summed E-state index contributed by atoms with van der Waals surface area (Å²) in [6.45, 7) is 0. The molecule has 0 aliphatic rings. The van der Waals surface area contributed by atoms with Gasteiger partial charge in [0.15, 0.2) is 0 Å². The molecular weight excluding hydrogens is 160 g/mol. The molecule has 0 saturated heterocycles. The lowest BCUT2D eigenvalue weighted by Crippen LogP contribution is -1.82. The number of nitrogens with zero attached hydrogens (tertiary/aromatic N) is 1. The van der Waals surface area contributed by atoms with Gasteiger partial charge < -0.3 is 9.55 Å². The van der Waals surface area contributed by atoms with Crippen LogP contribution in [0.4, 0.5) is 0 Å². The van der Waals surface area contributed by atoms with Crippen LogP contribution in [-0.4, -0.2) is 9.55 Å². The SMILES string of the molecule is Cn1ccc2cc3[nH]ccc3cc21. The van der Waals surface area contributed by atoms with Gasteiger partial charge in [0.05, 0.1) is 0 Å². The average Bonchev–Trinajstić information content (AvgIpc) is 2.70. The van der Waals surface area contributed by atoms with Crippen LogP contribution in [0.25, 0.3) is 21.8 Å². The van der Waals surface area contributed by atoms with Crippen LogP contribution in [0.15, 0.2) is 36.7 Å². The molecule has 0 amide bonds. The monoisotopic (exact) mass is 170 g/mol. The second-order valence-corrected chi connectivity index (χ2v) is 3.40. The number of aromatic nitrogens is 2. The second kappa shape index (κ2) is 2.16. The van der Waals surface area contributed by atoms with E-state index in [2.05, 4.69) is 47.1 Å². The molecule has 2 aromatic heterocycles. The highest BCUT2D eigenvalue weighted by molar-refractivity contribution is 5.95. The summed E-state index contributed by atoms with van der Waals surface area (Å²) in [6.07, 6.45) is 4.06. The van der Waals surface area contributed by atoms with E-state index in [1.165, 1.54) is 21.8 Å². The maximum Gasteiger partial charge on any atom is 0.0485 e. The number of hydrogen-bond donors (Lipinski definition) is 1. The number of fused-ring (bicyclic) bond motifs is 2. The summed E-state index contributed by atoms with van der Waals surface area (Å²) in [5.74, 6) is 0. The second-order valence-electron chi connectivity index (χ2n) is 3.40. The minimum atomic E-state index is 1.21. The molecule has 13 heavy (non-hydrogen) atoms. The smallest absolute Gasteiger partial charge is 0.0485 e. The maximum atomic E-state index is 3.21. The molecule has 1 aromatic carbocycles. The van der Waals surface area contributed by atoms with Crippen LogP contribution in [0.5, 0.6) is 0 Å². The number of aromatic amines is 1. The Kier molecular flexibility index (Phi) is 1.13. The minimum Gasteiger partial charge on any atom is -0.361 e. The third-order valence-corrected chi connectivity index (χ3v) is 2.56. The van der Waals surface area contributed by atoms with Gasteiger partial charge in [-0.3, -0.25) is 0 Å². The summed E-state index contributed by atoms with van der Waals surface area (Å²) in [4.78, 5) is 3.21. The fraction of sp³-hybridized carbons (Fsp3) is 0.0909. The lowest BCUT2D eigenvalue weighted by Gasteiger charge is -1.96. The van der Waals surface area contributed by atoms with Gasteiger partial charge in [-0.2, -0.15) is 0 Å². The molecule has 0 atom stereocenters. The van der Waals surface area contributed by atoms with Gasteiger partial charge >= 0.3 is 0 Å². The molecule has 64 valence electrons. The molecule has 0 saturated carbocycles. The highest BCUT2D eigenvalue weighted by Gasteiger charge is 2.00. The first-order valence-corrected chi connectivity index (χ1v) is 4.37. The summed E-state index contributed by atoms with van der Waals surface area (Å²) in [6, 6.07) is 8.63. The maximum absolute atomic E-state index is 3.21. The molecule has 0 radical (unpaired) electrons. The van der Waals surface area contributed by atoms with Crippen molar-refractivity contribution in [1.29, 1.82) is 0 Å². The van der Waals surface area contributed by atoms with Crippen molar-refractivity contribution in [3.05, 3.63) is 36.7 Å². The number of hydrogen-bond acceptors (Lipinski definition) is 0. The summed E-state index contributed by atoms with van der Waals surface area (Å²) in [7, 11) is 2.07. The molecule has 2 nitrogen and oxygen atoms in total. The zero-order valence-corrected chi connectivity index (χ0v) is 7.41. The molecule has 0 fully saturated rings. The van der Waals surface area contributed by atoms with Gasteiger partial charge in [-0.25, -0.2) is 0 Å². The van der Waals surface area contributed by atoms with Crippen LogP contribution in [0.1, 0.15) is 0 Å². The molecule has 0 aliphatic heterocycles. The third-order valence-electron chi connectivity index (χ3n) is 2.56. The Morgan fingerprint density at radius 1 is 1.15 bits per heavy atom. The van der Waals surface area contributed by atoms with Gasteiger partial charge in [0.1, 0.15) is 0 Å².